The maximum absolute atomic E-state index is 12.2. The average Bonchev–Trinajstić information content (AvgIpc) is 2.82. The Morgan fingerprint density at radius 2 is 2.11 bits per heavy atom. The molecule has 5 nitrogen and oxygen atoms in total. The van der Waals surface area contributed by atoms with Crippen molar-refractivity contribution in [1.82, 2.24) is 9.71 Å². The fourth-order valence-electron chi connectivity index (χ4n) is 2.19. The molecule has 0 bridgehead atoms. The van der Waals surface area contributed by atoms with Gasteiger partial charge in [-0.1, -0.05) is 12.8 Å². The lowest BCUT2D eigenvalue weighted by molar-refractivity contribution is 0.552. The van der Waals surface area contributed by atoms with E-state index < -0.39 is 10.0 Å². The molecule has 18 heavy (non-hydrogen) atoms. The summed E-state index contributed by atoms with van der Waals surface area (Å²) in [5.41, 5.74) is 0. The van der Waals surface area contributed by atoms with Gasteiger partial charge in [-0.15, -0.1) is 0 Å². The lowest BCUT2D eigenvalue weighted by atomic mass is 10.3. The van der Waals surface area contributed by atoms with Crippen molar-refractivity contribution in [3.8, 4) is 0 Å². The van der Waals surface area contributed by atoms with Gasteiger partial charge in [0.2, 0.25) is 10.0 Å². The van der Waals surface area contributed by atoms with Gasteiger partial charge in [-0.3, -0.25) is 0 Å². The van der Waals surface area contributed by atoms with Crippen LogP contribution in [0.15, 0.2) is 23.2 Å². The molecule has 1 aromatic rings. The van der Waals surface area contributed by atoms with Crippen molar-refractivity contribution in [3.05, 3.63) is 18.3 Å². The average molecular weight is 269 g/mol. The Morgan fingerprint density at radius 1 is 1.39 bits per heavy atom. The molecule has 2 N–H and O–H groups in total. The fourth-order valence-corrected chi connectivity index (χ4v) is 3.50. The van der Waals surface area contributed by atoms with Gasteiger partial charge >= 0.3 is 0 Å². The third kappa shape index (κ3) is 3.20. The first kappa shape index (κ1) is 13.3. The summed E-state index contributed by atoms with van der Waals surface area (Å²) in [6, 6.07) is 3.18. The van der Waals surface area contributed by atoms with E-state index in [2.05, 4.69) is 15.0 Å². The maximum atomic E-state index is 12.2. The van der Waals surface area contributed by atoms with Crippen LogP contribution in [-0.2, 0) is 10.0 Å². The van der Waals surface area contributed by atoms with Crippen LogP contribution in [0.5, 0.6) is 0 Å². The van der Waals surface area contributed by atoms with Gasteiger partial charge < -0.3 is 5.32 Å². The van der Waals surface area contributed by atoms with Crippen molar-refractivity contribution < 1.29 is 8.42 Å². The molecule has 0 saturated heterocycles. The lowest BCUT2D eigenvalue weighted by Gasteiger charge is -2.13. The van der Waals surface area contributed by atoms with E-state index in [0.29, 0.717) is 12.4 Å². The van der Waals surface area contributed by atoms with Crippen LogP contribution in [0, 0.1) is 0 Å². The zero-order chi connectivity index (χ0) is 13.0. The van der Waals surface area contributed by atoms with Crippen molar-refractivity contribution in [2.45, 2.75) is 43.5 Å². The van der Waals surface area contributed by atoms with Crippen LogP contribution in [0.1, 0.15) is 32.6 Å². The van der Waals surface area contributed by atoms with Crippen LogP contribution < -0.4 is 10.0 Å². The van der Waals surface area contributed by atoms with Gasteiger partial charge in [-0.2, -0.15) is 0 Å². The molecule has 0 aromatic carbocycles. The van der Waals surface area contributed by atoms with Crippen molar-refractivity contribution in [1.29, 1.82) is 0 Å². The van der Waals surface area contributed by atoms with Gasteiger partial charge in [-0.05, 0) is 25.8 Å². The first-order valence-corrected chi connectivity index (χ1v) is 7.82. The quantitative estimate of drug-likeness (QED) is 0.854. The molecular formula is C12H19N3O2S. The van der Waals surface area contributed by atoms with E-state index in [0.717, 1.165) is 25.7 Å². The fraction of sp³-hybridized carbons (Fsp3) is 0.583. The minimum atomic E-state index is -3.41. The normalized spacial score (nSPS) is 16.9. The summed E-state index contributed by atoms with van der Waals surface area (Å²) in [6.45, 7) is 2.66. The van der Waals surface area contributed by atoms with Crippen molar-refractivity contribution in [2.75, 3.05) is 11.9 Å². The third-order valence-electron chi connectivity index (χ3n) is 3.08. The van der Waals surface area contributed by atoms with E-state index >= 15 is 0 Å². The van der Waals surface area contributed by atoms with Crippen LogP contribution in [0.2, 0.25) is 0 Å². The van der Waals surface area contributed by atoms with Crippen LogP contribution in [0.25, 0.3) is 0 Å². The highest BCUT2D eigenvalue weighted by molar-refractivity contribution is 7.89. The number of nitrogens with one attached hydrogen (secondary N) is 2. The SMILES string of the molecule is CCNc1cc(S(=O)(=O)NC2CCCC2)ccn1. The Hall–Kier alpha value is -1.14. The van der Waals surface area contributed by atoms with E-state index in [1.807, 2.05) is 6.92 Å². The van der Waals surface area contributed by atoms with E-state index in [1.54, 1.807) is 6.07 Å². The van der Waals surface area contributed by atoms with Gasteiger partial charge in [0.25, 0.3) is 0 Å². The minimum Gasteiger partial charge on any atom is -0.370 e. The van der Waals surface area contributed by atoms with Crippen molar-refractivity contribution in [3.63, 3.8) is 0 Å². The number of pyridine rings is 1. The molecule has 2 rings (SSSR count). The molecular weight excluding hydrogens is 250 g/mol. The van der Waals surface area contributed by atoms with Crippen LogP contribution in [-0.4, -0.2) is 26.0 Å². The molecule has 0 aliphatic heterocycles. The Kier molecular flexibility index (Phi) is 4.19. The standard InChI is InChI=1S/C12H19N3O2S/c1-2-13-12-9-11(7-8-14-12)18(16,17)15-10-5-3-4-6-10/h7-10,15H,2-6H2,1H3,(H,13,14). The summed E-state index contributed by atoms with van der Waals surface area (Å²) in [5.74, 6) is 0.590. The molecule has 1 aliphatic carbocycles. The molecule has 1 aliphatic rings. The molecule has 1 heterocycles. The summed E-state index contributed by atoms with van der Waals surface area (Å²) in [4.78, 5) is 4.35. The summed E-state index contributed by atoms with van der Waals surface area (Å²) in [5, 5.41) is 3.01. The molecule has 0 atom stereocenters. The highest BCUT2D eigenvalue weighted by Gasteiger charge is 2.23. The number of aromatic nitrogens is 1. The van der Waals surface area contributed by atoms with Gasteiger partial charge in [0, 0.05) is 24.8 Å². The molecule has 100 valence electrons. The number of rotatable bonds is 5. The summed E-state index contributed by atoms with van der Waals surface area (Å²) in [6.07, 6.45) is 5.59. The predicted octanol–water partition coefficient (Wildman–Crippen LogP) is 1.73. The number of hydrogen-bond acceptors (Lipinski definition) is 4. The number of hydrogen-bond donors (Lipinski definition) is 2. The van der Waals surface area contributed by atoms with Crippen LogP contribution in [0.3, 0.4) is 0 Å². The van der Waals surface area contributed by atoms with Crippen LogP contribution in [0.4, 0.5) is 5.82 Å². The molecule has 0 unspecified atom stereocenters. The van der Waals surface area contributed by atoms with E-state index in [1.165, 1.54) is 12.3 Å². The molecule has 0 amide bonds. The second kappa shape index (κ2) is 5.67. The molecule has 0 radical (unpaired) electrons. The van der Waals surface area contributed by atoms with E-state index in [4.69, 9.17) is 0 Å². The van der Waals surface area contributed by atoms with Gasteiger partial charge in [0.15, 0.2) is 0 Å². The highest BCUT2D eigenvalue weighted by atomic mass is 32.2. The Labute approximate surface area is 108 Å². The first-order chi connectivity index (χ1) is 8.62. The minimum absolute atomic E-state index is 0.0887. The van der Waals surface area contributed by atoms with Crippen molar-refractivity contribution in [2.24, 2.45) is 0 Å². The van der Waals surface area contributed by atoms with E-state index in [9.17, 15) is 8.42 Å². The number of anilines is 1. The molecule has 0 spiro atoms. The summed E-state index contributed by atoms with van der Waals surface area (Å²) < 4.78 is 27.1. The Bertz CT molecular complexity index is 496. The molecule has 1 aromatic heterocycles. The zero-order valence-electron chi connectivity index (χ0n) is 10.5. The first-order valence-electron chi connectivity index (χ1n) is 6.34. The third-order valence-corrected chi connectivity index (χ3v) is 4.59. The molecule has 6 heteroatoms. The zero-order valence-corrected chi connectivity index (χ0v) is 11.3. The Morgan fingerprint density at radius 3 is 2.78 bits per heavy atom. The molecule has 1 fully saturated rings. The topological polar surface area (TPSA) is 71.1 Å². The lowest BCUT2D eigenvalue weighted by Crippen LogP contribution is -2.32. The van der Waals surface area contributed by atoms with Crippen molar-refractivity contribution >= 4 is 15.8 Å². The second-order valence-electron chi connectivity index (χ2n) is 4.51. The van der Waals surface area contributed by atoms with Gasteiger partial charge in [-0.25, -0.2) is 18.1 Å². The van der Waals surface area contributed by atoms with Gasteiger partial charge in [0.1, 0.15) is 5.82 Å². The largest absolute Gasteiger partial charge is 0.370 e. The number of nitrogens with zero attached hydrogens (tertiary/aromatic N) is 1. The monoisotopic (exact) mass is 269 g/mol. The van der Waals surface area contributed by atoms with Crippen LogP contribution >= 0.6 is 0 Å². The maximum Gasteiger partial charge on any atom is 0.241 e. The highest BCUT2D eigenvalue weighted by Crippen LogP contribution is 2.21. The molecule has 1 saturated carbocycles. The van der Waals surface area contributed by atoms with Gasteiger partial charge in [0.05, 0.1) is 4.90 Å². The second-order valence-corrected chi connectivity index (χ2v) is 6.22. The smallest absolute Gasteiger partial charge is 0.241 e. The Balaban J connectivity index is 2.15. The predicted molar refractivity (Wildman–Crippen MR) is 71.0 cm³/mol. The number of sulfonamides is 1. The summed E-state index contributed by atoms with van der Waals surface area (Å²) in [7, 11) is -3.41. The van der Waals surface area contributed by atoms with E-state index in [-0.39, 0.29) is 10.9 Å². The summed E-state index contributed by atoms with van der Waals surface area (Å²) >= 11 is 0.